The number of carbonyl (C=O) groups excluding carboxylic acids is 1. The zero-order valence-corrected chi connectivity index (χ0v) is 7.97. The number of rotatable bonds is 1. The zero-order valence-electron chi connectivity index (χ0n) is 7.97. The number of halogens is 4. The van der Waals surface area contributed by atoms with Crippen LogP contribution in [0.2, 0.25) is 0 Å². The van der Waals surface area contributed by atoms with E-state index in [1.165, 1.54) is 0 Å². The summed E-state index contributed by atoms with van der Waals surface area (Å²) in [5.74, 6) is -2.48. The summed E-state index contributed by atoms with van der Waals surface area (Å²) >= 11 is 0. The summed E-state index contributed by atoms with van der Waals surface area (Å²) in [5, 5.41) is 0. The van der Waals surface area contributed by atoms with E-state index < -0.39 is 29.5 Å². The van der Waals surface area contributed by atoms with Crippen molar-refractivity contribution in [1.29, 1.82) is 0 Å². The van der Waals surface area contributed by atoms with Crippen molar-refractivity contribution in [2.75, 3.05) is 7.11 Å². The fourth-order valence-electron chi connectivity index (χ4n) is 0.940. The molecular formula is C9H6F4O3. The van der Waals surface area contributed by atoms with Crippen LogP contribution in [0, 0.1) is 5.82 Å². The van der Waals surface area contributed by atoms with Crippen LogP contribution in [0.4, 0.5) is 22.4 Å². The fraction of sp³-hybridized carbons (Fsp3) is 0.222. The van der Waals surface area contributed by atoms with Crippen LogP contribution in [0.5, 0.6) is 5.75 Å². The Balaban J connectivity index is 3.09. The number of benzene rings is 1. The van der Waals surface area contributed by atoms with E-state index in [9.17, 15) is 22.4 Å². The van der Waals surface area contributed by atoms with Crippen molar-refractivity contribution in [2.45, 2.75) is 6.18 Å². The molecule has 0 bridgehead atoms. The van der Waals surface area contributed by atoms with E-state index in [-0.39, 0.29) is 0 Å². The van der Waals surface area contributed by atoms with Crippen molar-refractivity contribution >= 4 is 6.16 Å². The maximum atomic E-state index is 13.2. The second-order valence-electron chi connectivity index (χ2n) is 2.67. The Labute approximate surface area is 87.6 Å². The van der Waals surface area contributed by atoms with Gasteiger partial charge >= 0.3 is 12.3 Å². The summed E-state index contributed by atoms with van der Waals surface area (Å²) in [6.07, 6.45) is -6.14. The average molecular weight is 238 g/mol. The first-order valence-corrected chi connectivity index (χ1v) is 3.97. The van der Waals surface area contributed by atoms with Gasteiger partial charge in [0.05, 0.1) is 12.7 Å². The molecule has 1 aromatic carbocycles. The van der Waals surface area contributed by atoms with E-state index in [1.54, 1.807) is 0 Å². The van der Waals surface area contributed by atoms with E-state index in [1.807, 2.05) is 0 Å². The molecule has 0 aliphatic heterocycles. The zero-order chi connectivity index (χ0) is 12.3. The van der Waals surface area contributed by atoms with E-state index in [0.717, 1.165) is 19.2 Å². The minimum atomic E-state index is -4.85. The highest BCUT2D eigenvalue weighted by atomic mass is 19.4. The summed E-state index contributed by atoms with van der Waals surface area (Å²) in [4.78, 5) is 10.6. The van der Waals surface area contributed by atoms with Crippen molar-refractivity contribution < 1.29 is 31.8 Å². The molecule has 0 heterocycles. The van der Waals surface area contributed by atoms with Gasteiger partial charge in [0.15, 0.2) is 11.6 Å². The van der Waals surface area contributed by atoms with Crippen molar-refractivity contribution in [1.82, 2.24) is 0 Å². The van der Waals surface area contributed by atoms with Crippen LogP contribution in [0.1, 0.15) is 5.56 Å². The topological polar surface area (TPSA) is 35.5 Å². The van der Waals surface area contributed by atoms with E-state index >= 15 is 0 Å². The minimum Gasteiger partial charge on any atom is -0.437 e. The first-order valence-electron chi connectivity index (χ1n) is 3.97. The molecule has 0 radical (unpaired) electrons. The summed E-state index contributed by atoms with van der Waals surface area (Å²) in [7, 11) is 0.952. The lowest BCUT2D eigenvalue weighted by Crippen LogP contribution is -2.12. The Bertz CT molecular complexity index is 400. The van der Waals surface area contributed by atoms with Gasteiger partial charge in [-0.3, -0.25) is 0 Å². The van der Waals surface area contributed by atoms with Crippen molar-refractivity contribution in [2.24, 2.45) is 0 Å². The van der Waals surface area contributed by atoms with Gasteiger partial charge in [-0.1, -0.05) is 6.07 Å². The molecule has 1 rings (SSSR count). The van der Waals surface area contributed by atoms with Crippen LogP contribution >= 0.6 is 0 Å². The van der Waals surface area contributed by atoms with Crippen LogP contribution in [-0.2, 0) is 10.9 Å². The maximum Gasteiger partial charge on any atom is 0.513 e. The summed E-state index contributed by atoms with van der Waals surface area (Å²) < 4.78 is 58.1. The average Bonchev–Trinajstić information content (AvgIpc) is 2.19. The standard InChI is InChI=1S/C9H6F4O3/c1-15-8(14)16-6-4-2-3-5(7(6)10)9(11,12)13/h2-4H,1H3. The predicted octanol–water partition coefficient (Wildman–Crippen LogP) is 2.99. The molecule has 0 aromatic heterocycles. The van der Waals surface area contributed by atoms with Gasteiger partial charge in [0, 0.05) is 0 Å². The number of ether oxygens (including phenoxy) is 2. The molecule has 88 valence electrons. The number of hydrogen-bond acceptors (Lipinski definition) is 3. The second-order valence-corrected chi connectivity index (χ2v) is 2.67. The molecular weight excluding hydrogens is 232 g/mol. The third-order valence-electron chi connectivity index (χ3n) is 1.63. The molecule has 0 aliphatic carbocycles. The monoisotopic (exact) mass is 238 g/mol. The van der Waals surface area contributed by atoms with Gasteiger partial charge in [0.1, 0.15) is 0 Å². The van der Waals surface area contributed by atoms with Gasteiger partial charge in [-0.25, -0.2) is 9.18 Å². The van der Waals surface area contributed by atoms with Crippen LogP contribution in [0.15, 0.2) is 18.2 Å². The second kappa shape index (κ2) is 4.38. The lowest BCUT2D eigenvalue weighted by Gasteiger charge is -2.10. The van der Waals surface area contributed by atoms with Crippen LogP contribution < -0.4 is 4.74 Å². The van der Waals surface area contributed by atoms with Gasteiger partial charge < -0.3 is 9.47 Å². The molecule has 0 spiro atoms. The van der Waals surface area contributed by atoms with Crippen LogP contribution in [0.3, 0.4) is 0 Å². The largest absolute Gasteiger partial charge is 0.513 e. The molecule has 0 amide bonds. The number of hydrogen-bond donors (Lipinski definition) is 0. The lowest BCUT2D eigenvalue weighted by atomic mass is 10.2. The smallest absolute Gasteiger partial charge is 0.437 e. The Morgan fingerprint density at radius 2 is 1.94 bits per heavy atom. The summed E-state index contributed by atoms with van der Waals surface area (Å²) in [6, 6.07) is 2.35. The Morgan fingerprint density at radius 1 is 1.31 bits per heavy atom. The summed E-state index contributed by atoms with van der Waals surface area (Å²) in [6.45, 7) is 0. The molecule has 0 unspecified atom stereocenters. The van der Waals surface area contributed by atoms with Gasteiger partial charge in [-0.2, -0.15) is 13.2 Å². The Kier molecular flexibility index (Phi) is 3.36. The third-order valence-corrected chi connectivity index (χ3v) is 1.63. The van der Waals surface area contributed by atoms with E-state index in [2.05, 4.69) is 9.47 Å². The fourth-order valence-corrected chi connectivity index (χ4v) is 0.940. The van der Waals surface area contributed by atoms with Crippen molar-refractivity contribution in [3.05, 3.63) is 29.6 Å². The quantitative estimate of drug-likeness (QED) is 0.428. The van der Waals surface area contributed by atoms with Gasteiger partial charge in [0.2, 0.25) is 0 Å². The minimum absolute atomic E-state index is 0.541. The SMILES string of the molecule is COC(=O)Oc1cccc(C(F)(F)F)c1F. The summed E-state index contributed by atoms with van der Waals surface area (Å²) in [5.41, 5.74) is -1.51. The van der Waals surface area contributed by atoms with Gasteiger partial charge in [0.25, 0.3) is 0 Å². The molecule has 0 N–H and O–H groups in total. The molecule has 16 heavy (non-hydrogen) atoms. The predicted molar refractivity (Wildman–Crippen MR) is 44.4 cm³/mol. The maximum absolute atomic E-state index is 13.2. The first kappa shape index (κ1) is 12.3. The molecule has 0 fully saturated rings. The highest BCUT2D eigenvalue weighted by Crippen LogP contribution is 2.34. The normalized spacial score (nSPS) is 11.1. The molecule has 3 nitrogen and oxygen atoms in total. The molecule has 1 aromatic rings. The van der Waals surface area contributed by atoms with Crippen LogP contribution in [0.25, 0.3) is 0 Å². The van der Waals surface area contributed by atoms with Gasteiger partial charge in [-0.05, 0) is 12.1 Å². The van der Waals surface area contributed by atoms with E-state index in [4.69, 9.17) is 0 Å². The molecule has 0 saturated carbocycles. The van der Waals surface area contributed by atoms with Crippen molar-refractivity contribution in [3.8, 4) is 5.75 Å². The third kappa shape index (κ3) is 2.62. The Hall–Kier alpha value is -1.79. The number of methoxy groups -OCH3 is 1. The number of carbonyl (C=O) groups is 1. The first-order chi connectivity index (χ1) is 7.36. The number of alkyl halides is 3. The van der Waals surface area contributed by atoms with Crippen molar-refractivity contribution in [3.63, 3.8) is 0 Å². The lowest BCUT2D eigenvalue weighted by molar-refractivity contribution is -0.140. The van der Waals surface area contributed by atoms with Crippen LogP contribution in [-0.4, -0.2) is 13.3 Å². The Morgan fingerprint density at radius 3 is 2.44 bits per heavy atom. The molecule has 7 heteroatoms. The molecule has 0 aliphatic rings. The molecule has 0 saturated heterocycles. The molecule has 0 atom stereocenters. The van der Waals surface area contributed by atoms with E-state index in [0.29, 0.717) is 6.07 Å². The highest BCUT2D eigenvalue weighted by Gasteiger charge is 2.35. The van der Waals surface area contributed by atoms with Gasteiger partial charge in [-0.15, -0.1) is 0 Å². The highest BCUT2D eigenvalue weighted by molar-refractivity contribution is 5.63.